The predicted molar refractivity (Wildman–Crippen MR) is 108 cm³/mol. The number of allylic oxidation sites excluding steroid dienone is 1. The van der Waals surface area contributed by atoms with Gasteiger partial charge in [0.1, 0.15) is 0 Å². The topological polar surface area (TPSA) is 0 Å². The fraction of sp³-hybridized carbons (Fsp3) is 0.231. The molecule has 26 heavy (non-hydrogen) atoms. The molecule has 3 aromatic rings. The van der Waals surface area contributed by atoms with Crippen LogP contribution in [0, 0.1) is 0 Å². The zero-order valence-corrected chi connectivity index (χ0v) is 15.4. The van der Waals surface area contributed by atoms with Gasteiger partial charge in [-0.3, -0.25) is 0 Å². The Morgan fingerprint density at radius 1 is 0.654 bits per heavy atom. The van der Waals surface area contributed by atoms with E-state index in [0.717, 1.165) is 6.42 Å². The monoisotopic (exact) mass is 334 g/mol. The van der Waals surface area contributed by atoms with Crippen LogP contribution in [-0.2, 0) is 18.3 Å². The first-order valence-electron chi connectivity index (χ1n) is 9.72. The van der Waals surface area contributed by atoms with E-state index in [4.69, 9.17) is 0 Å². The van der Waals surface area contributed by atoms with Crippen LogP contribution in [0.15, 0.2) is 66.2 Å². The standard InChI is InChI=1S/C26H22/c1-26(2)23-12-11-16-7-3-6-10-20(16)25(23)22-15-21-18(14-24(22)26)13-17-8-4-5-9-19(17)21/h3-10,14-15H,11-13H2,1-2H3. The smallest absolute Gasteiger partial charge is 0.0121 e. The van der Waals surface area contributed by atoms with Crippen LogP contribution in [0.2, 0.25) is 0 Å². The molecule has 0 unspecified atom stereocenters. The van der Waals surface area contributed by atoms with Crippen molar-refractivity contribution >= 4 is 5.57 Å². The van der Waals surface area contributed by atoms with Gasteiger partial charge in [0.15, 0.2) is 0 Å². The van der Waals surface area contributed by atoms with Gasteiger partial charge in [0.25, 0.3) is 0 Å². The molecule has 0 fully saturated rings. The quantitative estimate of drug-likeness (QED) is 0.354. The minimum Gasteiger partial charge on any atom is -0.0620 e. The Labute approximate surface area is 155 Å². The maximum absolute atomic E-state index is 2.52. The lowest BCUT2D eigenvalue weighted by Gasteiger charge is -2.28. The zero-order valence-electron chi connectivity index (χ0n) is 15.4. The molecule has 6 rings (SSSR count). The van der Waals surface area contributed by atoms with Crippen molar-refractivity contribution in [1.82, 2.24) is 0 Å². The van der Waals surface area contributed by atoms with Gasteiger partial charge in [0, 0.05) is 5.41 Å². The normalized spacial score (nSPS) is 18.1. The largest absolute Gasteiger partial charge is 0.0620 e. The summed E-state index contributed by atoms with van der Waals surface area (Å²) in [6.07, 6.45) is 3.44. The number of aryl methyl sites for hydroxylation is 1. The number of rotatable bonds is 0. The van der Waals surface area contributed by atoms with E-state index in [-0.39, 0.29) is 5.41 Å². The Morgan fingerprint density at radius 3 is 2.23 bits per heavy atom. The van der Waals surface area contributed by atoms with E-state index in [9.17, 15) is 0 Å². The third-order valence-corrected chi connectivity index (χ3v) is 6.86. The molecule has 3 aliphatic carbocycles. The Morgan fingerprint density at radius 2 is 1.38 bits per heavy atom. The molecule has 0 nitrogen and oxygen atoms in total. The van der Waals surface area contributed by atoms with Crippen molar-refractivity contribution in [3.63, 3.8) is 0 Å². The first kappa shape index (κ1) is 14.6. The lowest BCUT2D eigenvalue weighted by molar-refractivity contribution is 0.603. The molecular weight excluding hydrogens is 312 g/mol. The predicted octanol–water partition coefficient (Wildman–Crippen LogP) is 6.30. The summed E-state index contributed by atoms with van der Waals surface area (Å²) < 4.78 is 0. The highest BCUT2D eigenvalue weighted by atomic mass is 14.4. The maximum Gasteiger partial charge on any atom is 0.0121 e. The van der Waals surface area contributed by atoms with Crippen LogP contribution in [0.3, 0.4) is 0 Å². The number of fused-ring (bicyclic) bond motifs is 7. The average molecular weight is 334 g/mol. The summed E-state index contributed by atoms with van der Waals surface area (Å²) in [5, 5.41) is 0. The minimum atomic E-state index is 0.141. The van der Waals surface area contributed by atoms with Gasteiger partial charge in [-0.2, -0.15) is 0 Å². The molecule has 126 valence electrons. The molecule has 0 saturated carbocycles. The number of hydrogen-bond acceptors (Lipinski definition) is 0. The Balaban J connectivity index is 1.66. The highest BCUT2D eigenvalue weighted by molar-refractivity contribution is 5.94. The van der Waals surface area contributed by atoms with Crippen LogP contribution in [0.1, 0.15) is 53.6 Å². The van der Waals surface area contributed by atoms with Crippen LogP contribution in [0.4, 0.5) is 0 Å². The highest BCUT2D eigenvalue weighted by Crippen LogP contribution is 2.55. The Kier molecular flexibility index (Phi) is 2.67. The summed E-state index contributed by atoms with van der Waals surface area (Å²) in [4.78, 5) is 0. The molecule has 3 aromatic carbocycles. The number of benzene rings is 3. The van der Waals surface area contributed by atoms with Crippen molar-refractivity contribution in [3.8, 4) is 11.1 Å². The van der Waals surface area contributed by atoms with E-state index >= 15 is 0 Å². The number of hydrogen-bond donors (Lipinski definition) is 0. The van der Waals surface area contributed by atoms with E-state index < -0.39 is 0 Å². The fourth-order valence-electron chi connectivity index (χ4n) is 5.53. The Hall–Kier alpha value is -2.60. The maximum atomic E-state index is 2.52. The molecule has 3 aliphatic rings. The lowest BCUT2D eigenvalue weighted by atomic mass is 9.76. The van der Waals surface area contributed by atoms with E-state index in [2.05, 4.69) is 74.5 Å². The summed E-state index contributed by atoms with van der Waals surface area (Å²) in [5.41, 5.74) is 15.2. The second kappa shape index (κ2) is 4.76. The van der Waals surface area contributed by atoms with E-state index in [1.807, 2.05) is 0 Å². The van der Waals surface area contributed by atoms with Gasteiger partial charge < -0.3 is 0 Å². The first-order valence-corrected chi connectivity index (χ1v) is 9.72. The summed E-state index contributed by atoms with van der Waals surface area (Å²) in [7, 11) is 0. The second-order valence-corrected chi connectivity index (χ2v) is 8.52. The molecule has 0 heteroatoms. The van der Waals surface area contributed by atoms with Crippen molar-refractivity contribution in [3.05, 3.63) is 99.6 Å². The third-order valence-electron chi connectivity index (χ3n) is 6.86. The van der Waals surface area contributed by atoms with Gasteiger partial charge in [-0.15, -0.1) is 0 Å². The summed E-state index contributed by atoms with van der Waals surface area (Å²) in [6, 6.07) is 23.0. The van der Waals surface area contributed by atoms with Crippen molar-refractivity contribution in [2.75, 3.05) is 0 Å². The zero-order chi connectivity index (χ0) is 17.5. The fourth-order valence-corrected chi connectivity index (χ4v) is 5.53. The van der Waals surface area contributed by atoms with Crippen LogP contribution in [0.25, 0.3) is 16.7 Å². The molecule has 0 N–H and O–H groups in total. The van der Waals surface area contributed by atoms with Crippen LogP contribution < -0.4 is 0 Å². The first-order chi connectivity index (χ1) is 12.6. The van der Waals surface area contributed by atoms with Crippen molar-refractivity contribution in [1.29, 1.82) is 0 Å². The molecular formula is C26H22. The van der Waals surface area contributed by atoms with E-state index in [1.54, 1.807) is 5.57 Å². The van der Waals surface area contributed by atoms with Gasteiger partial charge in [-0.1, -0.05) is 74.0 Å². The van der Waals surface area contributed by atoms with Crippen molar-refractivity contribution < 1.29 is 0 Å². The molecule has 0 heterocycles. The molecule has 0 aromatic heterocycles. The summed E-state index contributed by atoms with van der Waals surface area (Å²) in [6.45, 7) is 4.85. The van der Waals surface area contributed by atoms with Crippen LogP contribution >= 0.6 is 0 Å². The molecule has 0 aliphatic heterocycles. The highest BCUT2D eigenvalue weighted by Gasteiger charge is 2.41. The summed E-state index contributed by atoms with van der Waals surface area (Å²) >= 11 is 0. The second-order valence-electron chi connectivity index (χ2n) is 8.52. The van der Waals surface area contributed by atoms with Gasteiger partial charge >= 0.3 is 0 Å². The van der Waals surface area contributed by atoms with Gasteiger partial charge in [-0.25, -0.2) is 0 Å². The SMILES string of the molecule is CC1(C)C2=C(c3ccccc3CC2)c2cc3c(cc21)Cc1ccccc1-3. The van der Waals surface area contributed by atoms with Gasteiger partial charge in [0.05, 0.1) is 0 Å². The van der Waals surface area contributed by atoms with E-state index in [1.165, 1.54) is 62.9 Å². The molecule has 0 bridgehead atoms. The van der Waals surface area contributed by atoms with Crippen LogP contribution in [-0.4, -0.2) is 0 Å². The van der Waals surface area contributed by atoms with Crippen molar-refractivity contribution in [2.24, 2.45) is 0 Å². The molecule has 0 atom stereocenters. The average Bonchev–Trinajstić information content (AvgIpc) is 3.13. The van der Waals surface area contributed by atoms with Crippen LogP contribution in [0.5, 0.6) is 0 Å². The Bertz CT molecular complexity index is 1120. The molecule has 0 spiro atoms. The molecule has 0 amide bonds. The summed E-state index contributed by atoms with van der Waals surface area (Å²) in [5.74, 6) is 0. The molecule has 0 saturated heterocycles. The third kappa shape index (κ3) is 1.70. The van der Waals surface area contributed by atoms with Gasteiger partial charge in [-0.05, 0) is 75.4 Å². The molecule has 0 radical (unpaired) electrons. The lowest BCUT2D eigenvalue weighted by Crippen LogP contribution is -2.19. The van der Waals surface area contributed by atoms with Gasteiger partial charge in [0.2, 0.25) is 0 Å². The van der Waals surface area contributed by atoms with Crippen molar-refractivity contribution in [2.45, 2.75) is 38.5 Å². The minimum absolute atomic E-state index is 0.141. The van der Waals surface area contributed by atoms with E-state index in [0.29, 0.717) is 0 Å².